The molecule has 0 aliphatic heterocycles. The Morgan fingerprint density at radius 2 is 1.89 bits per heavy atom. The van der Waals surface area contributed by atoms with E-state index >= 15 is 0 Å². The van der Waals surface area contributed by atoms with Gasteiger partial charge in [0, 0.05) is 11.6 Å². The minimum Gasteiger partial charge on any atom is -0.338 e. The standard InChI is InChI=1S/C15H10ClN2/c16-13-9-5-4-8-12(13)15-17-10-14(18-15)11-6-2-1-3-7-11/h1-8,10H,(H,17,18). The summed E-state index contributed by atoms with van der Waals surface area (Å²) in [5.41, 5.74) is 2.94. The zero-order valence-electron chi connectivity index (χ0n) is 9.52. The van der Waals surface area contributed by atoms with E-state index in [0.29, 0.717) is 5.02 Å². The summed E-state index contributed by atoms with van der Waals surface area (Å²) >= 11 is 6.10. The number of hydrogen-bond acceptors (Lipinski definition) is 1. The summed E-state index contributed by atoms with van der Waals surface area (Å²) in [6.45, 7) is 0. The van der Waals surface area contributed by atoms with Gasteiger partial charge in [0.2, 0.25) is 0 Å². The lowest BCUT2D eigenvalue weighted by Gasteiger charge is -1.99. The van der Waals surface area contributed by atoms with E-state index in [1.165, 1.54) is 0 Å². The normalized spacial score (nSPS) is 10.5. The van der Waals surface area contributed by atoms with E-state index < -0.39 is 0 Å². The molecule has 0 saturated heterocycles. The van der Waals surface area contributed by atoms with Crippen molar-refractivity contribution in [2.24, 2.45) is 0 Å². The first kappa shape index (κ1) is 11.1. The SMILES string of the molecule is Clc1[c]cccc1-c1ncc(-c2ccccc2)[nH]1. The fraction of sp³-hybridized carbons (Fsp3) is 0. The second-order valence-corrected chi connectivity index (χ2v) is 4.29. The maximum Gasteiger partial charge on any atom is 0.139 e. The van der Waals surface area contributed by atoms with Gasteiger partial charge >= 0.3 is 0 Å². The first-order valence-electron chi connectivity index (χ1n) is 5.61. The molecule has 0 amide bonds. The third-order valence-corrected chi connectivity index (χ3v) is 3.03. The summed E-state index contributed by atoms with van der Waals surface area (Å²) in [5.74, 6) is 0.760. The van der Waals surface area contributed by atoms with Crippen LogP contribution in [0.15, 0.2) is 54.7 Å². The molecule has 3 rings (SSSR count). The van der Waals surface area contributed by atoms with Crippen LogP contribution in [0.4, 0.5) is 0 Å². The smallest absolute Gasteiger partial charge is 0.139 e. The summed E-state index contributed by atoms with van der Waals surface area (Å²) in [6, 6.07) is 18.6. The summed E-state index contributed by atoms with van der Waals surface area (Å²) in [5, 5.41) is 0.575. The molecule has 3 heteroatoms. The van der Waals surface area contributed by atoms with Gasteiger partial charge in [-0.3, -0.25) is 0 Å². The van der Waals surface area contributed by atoms with Gasteiger partial charge in [-0.2, -0.15) is 0 Å². The number of imidazole rings is 1. The molecule has 1 heterocycles. The second-order valence-electron chi connectivity index (χ2n) is 3.91. The van der Waals surface area contributed by atoms with Crippen molar-refractivity contribution in [3.05, 3.63) is 65.8 Å². The van der Waals surface area contributed by atoms with Crippen molar-refractivity contribution in [1.82, 2.24) is 9.97 Å². The zero-order valence-corrected chi connectivity index (χ0v) is 10.3. The Morgan fingerprint density at radius 1 is 1.06 bits per heavy atom. The third kappa shape index (κ3) is 2.03. The van der Waals surface area contributed by atoms with Crippen LogP contribution in [0, 0.1) is 6.07 Å². The van der Waals surface area contributed by atoms with E-state index in [4.69, 9.17) is 11.6 Å². The molecule has 2 aromatic carbocycles. The quantitative estimate of drug-likeness (QED) is 0.729. The van der Waals surface area contributed by atoms with Crippen LogP contribution in [0.25, 0.3) is 22.6 Å². The zero-order chi connectivity index (χ0) is 12.4. The maximum atomic E-state index is 6.10. The van der Waals surface area contributed by atoms with Crippen LogP contribution in [0.1, 0.15) is 0 Å². The summed E-state index contributed by atoms with van der Waals surface area (Å²) in [7, 11) is 0. The molecule has 1 N–H and O–H groups in total. The average Bonchev–Trinajstić information content (AvgIpc) is 2.90. The van der Waals surface area contributed by atoms with Crippen LogP contribution in [0.5, 0.6) is 0 Å². The minimum atomic E-state index is 0.575. The highest BCUT2D eigenvalue weighted by Crippen LogP contribution is 2.26. The predicted octanol–water partition coefficient (Wildman–Crippen LogP) is 4.20. The predicted molar refractivity (Wildman–Crippen MR) is 73.3 cm³/mol. The fourth-order valence-corrected chi connectivity index (χ4v) is 2.04. The number of aromatic nitrogens is 2. The molecule has 1 aromatic heterocycles. The Labute approximate surface area is 110 Å². The number of nitrogens with one attached hydrogen (secondary N) is 1. The third-order valence-electron chi connectivity index (χ3n) is 2.72. The molecular formula is C15H10ClN2. The Hall–Kier alpha value is -2.06. The Bertz CT molecular complexity index is 659. The van der Waals surface area contributed by atoms with Crippen molar-refractivity contribution in [3.63, 3.8) is 0 Å². The van der Waals surface area contributed by atoms with E-state index in [-0.39, 0.29) is 0 Å². The number of H-pyrrole nitrogens is 1. The number of hydrogen-bond donors (Lipinski definition) is 1. The number of nitrogens with zero attached hydrogens (tertiary/aromatic N) is 1. The molecule has 0 aliphatic rings. The lowest BCUT2D eigenvalue weighted by molar-refractivity contribution is 1.31. The molecule has 0 aliphatic carbocycles. The second kappa shape index (κ2) is 4.67. The molecule has 87 valence electrons. The maximum absolute atomic E-state index is 6.10. The van der Waals surface area contributed by atoms with Gasteiger partial charge in [0.15, 0.2) is 0 Å². The average molecular weight is 254 g/mol. The van der Waals surface area contributed by atoms with Gasteiger partial charge in [0.05, 0.1) is 16.9 Å². The van der Waals surface area contributed by atoms with E-state index in [0.717, 1.165) is 22.6 Å². The summed E-state index contributed by atoms with van der Waals surface area (Å²) in [4.78, 5) is 7.63. The van der Waals surface area contributed by atoms with E-state index in [1.807, 2.05) is 48.7 Å². The highest BCUT2D eigenvalue weighted by molar-refractivity contribution is 6.33. The van der Waals surface area contributed by atoms with Crippen LogP contribution in [0.3, 0.4) is 0 Å². The molecule has 3 aromatic rings. The molecule has 0 fully saturated rings. The van der Waals surface area contributed by atoms with Gasteiger partial charge in [0.1, 0.15) is 5.82 Å². The molecule has 0 saturated carbocycles. The van der Waals surface area contributed by atoms with E-state index in [1.54, 1.807) is 6.07 Å². The van der Waals surface area contributed by atoms with Crippen molar-refractivity contribution in [2.45, 2.75) is 0 Å². The highest BCUT2D eigenvalue weighted by Gasteiger charge is 2.07. The number of halogens is 1. The molecule has 18 heavy (non-hydrogen) atoms. The van der Waals surface area contributed by atoms with Crippen molar-refractivity contribution in [1.29, 1.82) is 0 Å². The van der Waals surface area contributed by atoms with Crippen LogP contribution in [-0.4, -0.2) is 9.97 Å². The highest BCUT2D eigenvalue weighted by atomic mass is 35.5. The first-order chi connectivity index (χ1) is 8.84. The molecule has 0 bridgehead atoms. The molecule has 2 nitrogen and oxygen atoms in total. The topological polar surface area (TPSA) is 28.7 Å². The monoisotopic (exact) mass is 253 g/mol. The number of benzene rings is 2. The molecule has 0 spiro atoms. The van der Waals surface area contributed by atoms with Gasteiger partial charge in [-0.15, -0.1) is 0 Å². The van der Waals surface area contributed by atoms with Crippen molar-refractivity contribution < 1.29 is 0 Å². The van der Waals surface area contributed by atoms with Crippen LogP contribution < -0.4 is 0 Å². The Morgan fingerprint density at radius 3 is 2.67 bits per heavy atom. The summed E-state index contributed by atoms with van der Waals surface area (Å²) < 4.78 is 0. The number of aromatic amines is 1. The van der Waals surface area contributed by atoms with Gasteiger partial charge in [-0.1, -0.05) is 54.1 Å². The number of rotatable bonds is 2. The molecule has 1 radical (unpaired) electrons. The molecule has 0 atom stereocenters. The van der Waals surface area contributed by atoms with Gasteiger partial charge in [0.25, 0.3) is 0 Å². The van der Waals surface area contributed by atoms with Crippen molar-refractivity contribution >= 4 is 11.6 Å². The van der Waals surface area contributed by atoms with Crippen molar-refractivity contribution in [3.8, 4) is 22.6 Å². The fourth-order valence-electron chi connectivity index (χ4n) is 1.82. The van der Waals surface area contributed by atoms with E-state index in [9.17, 15) is 0 Å². The largest absolute Gasteiger partial charge is 0.338 e. The Kier molecular flexibility index (Phi) is 2.87. The lowest BCUT2D eigenvalue weighted by Crippen LogP contribution is -1.82. The van der Waals surface area contributed by atoms with Crippen LogP contribution >= 0.6 is 11.6 Å². The van der Waals surface area contributed by atoms with Gasteiger partial charge in [-0.25, -0.2) is 4.98 Å². The van der Waals surface area contributed by atoms with Gasteiger partial charge < -0.3 is 4.98 Å². The van der Waals surface area contributed by atoms with Gasteiger partial charge in [-0.05, 0) is 11.6 Å². The van der Waals surface area contributed by atoms with E-state index in [2.05, 4.69) is 16.0 Å². The van der Waals surface area contributed by atoms with Crippen LogP contribution in [-0.2, 0) is 0 Å². The van der Waals surface area contributed by atoms with Crippen LogP contribution in [0.2, 0.25) is 5.02 Å². The lowest BCUT2D eigenvalue weighted by atomic mass is 10.2. The first-order valence-corrected chi connectivity index (χ1v) is 5.99. The Balaban J connectivity index is 2.03. The molecular weight excluding hydrogens is 244 g/mol. The molecule has 0 unspecified atom stereocenters. The van der Waals surface area contributed by atoms with Crippen molar-refractivity contribution in [2.75, 3.05) is 0 Å². The minimum absolute atomic E-state index is 0.575. The summed E-state index contributed by atoms with van der Waals surface area (Å²) in [6.07, 6.45) is 1.81.